The van der Waals surface area contributed by atoms with Crippen LogP contribution in [0.25, 0.3) is 10.9 Å². The molecule has 3 N–H and O–H groups in total. The number of nitrogens with zero attached hydrogens (tertiary/aromatic N) is 2. The summed E-state index contributed by atoms with van der Waals surface area (Å²) < 4.78 is 11.4. The van der Waals surface area contributed by atoms with Crippen LogP contribution in [0, 0.1) is 0 Å². The minimum absolute atomic E-state index is 0.233. The number of nitrogens with two attached hydrogens (primary N) is 1. The van der Waals surface area contributed by atoms with Gasteiger partial charge < -0.3 is 25.4 Å². The number of nitrogens with one attached hydrogen (secondary N) is 1. The number of hydrogen-bond acceptors (Lipinski definition) is 6. The molecular formula is C22H28N4O2. The van der Waals surface area contributed by atoms with E-state index in [2.05, 4.69) is 10.2 Å². The van der Waals surface area contributed by atoms with Gasteiger partial charge in [-0.15, -0.1) is 0 Å². The first-order chi connectivity index (χ1) is 13.6. The van der Waals surface area contributed by atoms with E-state index in [4.69, 9.17) is 20.2 Å². The standard InChI is InChI=1S/C22H28N4O2/c1-26(2)17(13-23)14-24-22-12-21(19-6-4-5-7-20(19)25-22)28-15-16-8-10-18(27-3)11-9-16/h4-12,17H,13-15,23H2,1-3H3,(H,24,25). The van der Waals surface area contributed by atoms with Crippen LogP contribution in [0.1, 0.15) is 5.56 Å². The van der Waals surface area contributed by atoms with Gasteiger partial charge in [0.15, 0.2) is 0 Å². The van der Waals surface area contributed by atoms with E-state index >= 15 is 0 Å². The topological polar surface area (TPSA) is 72.6 Å². The van der Waals surface area contributed by atoms with Gasteiger partial charge in [-0.05, 0) is 43.9 Å². The summed E-state index contributed by atoms with van der Waals surface area (Å²) in [7, 11) is 5.71. The van der Waals surface area contributed by atoms with E-state index in [1.165, 1.54) is 0 Å². The van der Waals surface area contributed by atoms with E-state index in [0.717, 1.165) is 33.8 Å². The lowest BCUT2D eigenvalue weighted by Gasteiger charge is -2.23. The fraction of sp³-hybridized carbons (Fsp3) is 0.318. The molecule has 2 aromatic carbocycles. The summed E-state index contributed by atoms with van der Waals surface area (Å²) in [6.07, 6.45) is 0. The van der Waals surface area contributed by atoms with Crippen LogP contribution in [0.15, 0.2) is 54.6 Å². The lowest BCUT2D eigenvalue weighted by Crippen LogP contribution is -2.40. The van der Waals surface area contributed by atoms with Gasteiger partial charge in [0.05, 0.1) is 12.6 Å². The Kier molecular flexibility index (Phi) is 6.68. The third-order valence-electron chi connectivity index (χ3n) is 4.75. The van der Waals surface area contributed by atoms with Gasteiger partial charge in [-0.3, -0.25) is 0 Å². The van der Waals surface area contributed by atoms with E-state index in [0.29, 0.717) is 19.7 Å². The number of hydrogen-bond donors (Lipinski definition) is 2. The highest BCUT2D eigenvalue weighted by Gasteiger charge is 2.11. The van der Waals surface area contributed by atoms with Crippen molar-refractivity contribution in [2.24, 2.45) is 5.73 Å². The van der Waals surface area contributed by atoms with Gasteiger partial charge in [0.2, 0.25) is 0 Å². The molecule has 0 fully saturated rings. The van der Waals surface area contributed by atoms with Gasteiger partial charge in [-0.25, -0.2) is 4.98 Å². The summed E-state index contributed by atoms with van der Waals surface area (Å²) in [4.78, 5) is 6.82. The Morgan fingerprint density at radius 2 is 1.86 bits per heavy atom. The number of benzene rings is 2. The highest BCUT2D eigenvalue weighted by Crippen LogP contribution is 2.28. The van der Waals surface area contributed by atoms with Gasteiger partial charge in [0.1, 0.15) is 23.9 Å². The first kappa shape index (κ1) is 19.9. The molecule has 1 aromatic heterocycles. The number of ether oxygens (including phenoxy) is 2. The van der Waals surface area contributed by atoms with Crippen molar-refractivity contribution in [2.45, 2.75) is 12.6 Å². The molecular weight excluding hydrogens is 352 g/mol. The molecule has 0 spiro atoms. The molecule has 148 valence electrons. The Morgan fingerprint density at radius 3 is 2.54 bits per heavy atom. The number of likely N-dealkylation sites (N-methyl/N-ethyl adjacent to an activating group) is 1. The number of fused-ring (bicyclic) bond motifs is 1. The van der Waals surface area contributed by atoms with Crippen LogP contribution in [-0.4, -0.2) is 50.2 Å². The van der Waals surface area contributed by atoms with E-state index in [1.54, 1.807) is 7.11 Å². The summed E-state index contributed by atoms with van der Waals surface area (Å²) in [5.41, 5.74) is 7.83. The zero-order valence-electron chi connectivity index (χ0n) is 16.7. The van der Waals surface area contributed by atoms with Crippen molar-refractivity contribution < 1.29 is 9.47 Å². The molecule has 1 unspecified atom stereocenters. The van der Waals surface area contributed by atoms with Crippen LogP contribution in [0.2, 0.25) is 0 Å². The highest BCUT2D eigenvalue weighted by atomic mass is 16.5. The average Bonchev–Trinajstić information content (AvgIpc) is 2.72. The Hall–Kier alpha value is -2.83. The number of aromatic nitrogens is 1. The van der Waals surface area contributed by atoms with Gasteiger partial charge in [-0.2, -0.15) is 0 Å². The Balaban J connectivity index is 1.79. The van der Waals surface area contributed by atoms with E-state index < -0.39 is 0 Å². The maximum absolute atomic E-state index is 6.14. The molecule has 1 heterocycles. The molecule has 3 aromatic rings. The van der Waals surface area contributed by atoms with Crippen molar-refractivity contribution in [3.8, 4) is 11.5 Å². The molecule has 0 aliphatic carbocycles. The fourth-order valence-corrected chi connectivity index (χ4v) is 2.94. The largest absolute Gasteiger partial charge is 0.497 e. The van der Waals surface area contributed by atoms with Crippen molar-refractivity contribution in [2.75, 3.05) is 39.6 Å². The minimum Gasteiger partial charge on any atom is -0.497 e. The van der Waals surface area contributed by atoms with Crippen molar-refractivity contribution in [1.29, 1.82) is 0 Å². The molecule has 1 atom stereocenters. The number of pyridine rings is 1. The second-order valence-corrected chi connectivity index (χ2v) is 6.89. The normalized spacial score (nSPS) is 12.2. The molecule has 0 saturated heterocycles. The van der Waals surface area contributed by atoms with Gasteiger partial charge in [0, 0.05) is 30.6 Å². The Bertz CT molecular complexity index is 897. The van der Waals surface area contributed by atoms with E-state index in [-0.39, 0.29) is 6.04 Å². The monoisotopic (exact) mass is 380 g/mol. The van der Waals surface area contributed by atoms with Crippen LogP contribution in [0.3, 0.4) is 0 Å². The fourth-order valence-electron chi connectivity index (χ4n) is 2.94. The molecule has 0 amide bonds. The van der Waals surface area contributed by atoms with Crippen molar-refractivity contribution in [3.63, 3.8) is 0 Å². The van der Waals surface area contributed by atoms with Crippen molar-refractivity contribution in [1.82, 2.24) is 9.88 Å². The molecule has 0 aliphatic rings. The molecule has 6 heteroatoms. The Morgan fingerprint density at radius 1 is 1.11 bits per heavy atom. The van der Waals surface area contributed by atoms with Crippen LogP contribution in [0.5, 0.6) is 11.5 Å². The smallest absolute Gasteiger partial charge is 0.132 e. The second-order valence-electron chi connectivity index (χ2n) is 6.89. The van der Waals surface area contributed by atoms with Crippen LogP contribution in [-0.2, 0) is 6.61 Å². The number of anilines is 1. The maximum atomic E-state index is 6.14. The average molecular weight is 380 g/mol. The third kappa shape index (κ3) is 4.91. The molecule has 0 saturated carbocycles. The molecule has 3 rings (SSSR count). The third-order valence-corrected chi connectivity index (χ3v) is 4.75. The maximum Gasteiger partial charge on any atom is 0.132 e. The van der Waals surface area contributed by atoms with Gasteiger partial charge in [-0.1, -0.05) is 24.3 Å². The Labute approximate surface area is 166 Å². The first-order valence-corrected chi connectivity index (χ1v) is 9.36. The lowest BCUT2D eigenvalue weighted by molar-refractivity contribution is 0.308. The van der Waals surface area contributed by atoms with Crippen LogP contribution < -0.4 is 20.5 Å². The molecule has 6 nitrogen and oxygen atoms in total. The quantitative estimate of drug-likeness (QED) is 0.594. The zero-order chi connectivity index (χ0) is 19.9. The van der Waals surface area contributed by atoms with Crippen molar-refractivity contribution in [3.05, 3.63) is 60.2 Å². The molecule has 0 radical (unpaired) electrons. The van der Waals surface area contributed by atoms with Crippen LogP contribution >= 0.6 is 0 Å². The van der Waals surface area contributed by atoms with Gasteiger partial charge >= 0.3 is 0 Å². The molecule has 0 aliphatic heterocycles. The zero-order valence-corrected chi connectivity index (χ0v) is 16.7. The predicted molar refractivity (Wildman–Crippen MR) is 114 cm³/mol. The molecule has 0 bridgehead atoms. The minimum atomic E-state index is 0.233. The summed E-state index contributed by atoms with van der Waals surface area (Å²) in [5.74, 6) is 2.42. The van der Waals surface area contributed by atoms with E-state index in [9.17, 15) is 0 Å². The summed E-state index contributed by atoms with van der Waals surface area (Å²) >= 11 is 0. The summed E-state index contributed by atoms with van der Waals surface area (Å²) in [5, 5.41) is 4.38. The first-order valence-electron chi connectivity index (χ1n) is 9.36. The predicted octanol–water partition coefficient (Wildman–Crippen LogP) is 3.12. The second kappa shape index (κ2) is 9.39. The molecule has 28 heavy (non-hydrogen) atoms. The van der Waals surface area contributed by atoms with Crippen molar-refractivity contribution >= 4 is 16.7 Å². The highest BCUT2D eigenvalue weighted by molar-refractivity contribution is 5.86. The van der Waals surface area contributed by atoms with E-state index in [1.807, 2.05) is 68.7 Å². The number of para-hydroxylation sites is 1. The lowest BCUT2D eigenvalue weighted by atomic mass is 10.2. The number of rotatable bonds is 9. The summed E-state index contributed by atoms with van der Waals surface area (Å²) in [6.45, 7) is 1.77. The number of methoxy groups -OCH3 is 1. The van der Waals surface area contributed by atoms with Crippen LogP contribution in [0.4, 0.5) is 5.82 Å². The van der Waals surface area contributed by atoms with Gasteiger partial charge in [0.25, 0.3) is 0 Å². The SMILES string of the molecule is COc1ccc(COc2cc(NCC(CN)N(C)C)nc3ccccc23)cc1. The summed E-state index contributed by atoms with van der Waals surface area (Å²) in [6, 6.07) is 18.1.